The van der Waals surface area contributed by atoms with Gasteiger partial charge in [-0.25, -0.2) is 0 Å². The minimum atomic E-state index is -0.0957. The van der Waals surface area contributed by atoms with Crippen molar-refractivity contribution in [1.29, 1.82) is 0 Å². The third kappa shape index (κ3) is 5.12. The Morgan fingerprint density at radius 1 is 0.636 bits per heavy atom. The van der Waals surface area contributed by atoms with Gasteiger partial charge in [-0.3, -0.25) is 0 Å². The molecule has 0 aliphatic heterocycles. The van der Waals surface area contributed by atoms with E-state index >= 15 is 0 Å². The van der Waals surface area contributed by atoms with E-state index in [0.717, 1.165) is 16.6 Å². The molecule has 0 fully saturated rings. The van der Waals surface area contributed by atoms with E-state index in [1.54, 1.807) is 0 Å². The molecule has 0 heterocycles. The molecule has 0 aliphatic rings. The molecule has 0 unspecified atom stereocenters. The van der Waals surface area contributed by atoms with Crippen LogP contribution in [0.15, 0.2) is 0 Å². The molecule has 0 aliphatic carbocycles. The van der Waals surface area contributed by atoms with E-state index in [0.29, 0.717) is 0 Å². The maximum absolute atomic E-state index is 2.37. The van der Waals surface area contributed by atoms with Gasteiger partial charge in [0.15, 0.2) is 0 Å². The second-order valence-corrected chi connectivity index (χ2v) is 8.43. The van der Waals surface area contributed by atoms with Gasteiger partial charge in [-0.1, -0.05) is 58.2 Å². The van der Waals surface area contributed by atoms with Crippen LogP contribution < -0.4 is 0 Å². The fourth-order valence-corrected chi connectivity index (χ4v) is 6.00. The van der Waals surface area contributed by atoms with Crippen molar-refractivity contribution < 1.29 is 0 Å². The van der Waals surface area contributed by atoms with E-state index in [-0.39, 0.29) is 27.7 Å². The minimum absolute atomic E-state index is 0. The van der Waals surface area contributed by atoms with Gasteiger partial charge in [-0.05, 0) is 0 Å². The summed E-state index contributed by atoms with van der Waals surface area (Å²) < 4.78 is 0. The third-order valence-corrected chi connectivity index (χ3v) is 6.00. The van der Waals surface area contributed by atoms with Gasteiger partial charge in [0.05, 0.1) is 8.80 Å². The van der Waals surface area contributed by atoms with Crippen LogP contribution >= 0.6 is 0 Å². The van der Waals surface area contributed by atoms with Crippen LogP contribution in [-0.4, -0.2) is 27.7 Å². The van der Waals surface area contributed by atoms with E-state index in [2.05, 4.69) is 41.5 Å². The SMILES string of the molecule is CC(C)[Si](C(C)C)C(C)C.[LiH]. The first-order valence-electron chi connectivity index (χ1n) is 4.33. The Kier molecular flexibility index (Phi) is 8.27. The number of hydrogen-bond donors (Lipinski definition) is 0. The molecule has 63 valence electrons. The number of hydrogen-bond acceptors (Lipinski definition) is 0. The molecule has 0 rings (SSSR count). The molecule has 0 amide bonds. The van der Waals surface area contributed by atoms with Crippen molar-refractivity contribution in [3.8, 4) is 0 Å². The van der Waals surface area contributed by atoms with Gasteiger partial charge >= 0.3 is 18.9 Å². The van der Waals surface area contributed by atoms with Gasteiger partial charge in [0.1, 0.15) is 0 Å². The van der Waals surface area contributed by atoms with Crippen LogP contribution in [0.2, 0.25) is 16.6 Å². The zero-order valence-electron chi connectivity index (χ0n) is 8.23. The van der Waals surface area contributed by atoms with E-state index in [4.69, 9.17) is 0 Å². The van der Waals surface area contributed by atoms with E-state index < -0.39 is 0 Å². The summed E-state index contributed by atoms with van der Waals surface area (Å²) >= 11 is 0. The predicted octanol–water partition coefficient (Wildman–Crippen LogP) is 3.06. The van der Waals surface area contributed by atoms with Gasteiger partial charge in [0.2, 0.25) is 0 Å². The molecular formula is C9H22LiSi. The Hall–Kier alpha value is 0.814. The first kappa shape index (κ1) is 14.3. The molecule has 0 N–H and O–H groups in total. The monoisotopic (exact) mass is 165 g/mol. The summed E-state index contributed by atoms with van der Waals surface area (Å²) in [4.78, 5) is 0. The van der Waals surface area contributed by atoms with Crippen molar-refractivity contribution in [2.45, 2.75) is 58.2 Å². The van der Waals surface area contributed by atoms with Gasteiger partial charge in [-0.2, -0.15) is 0 Å². The van der Waals surface area contributed by atoms with Crippen LogP contribution in [0.25, 0.3) is 0 Å². The normalized spacial score (nSPS) is 11.5. The Balaban J connectivity index is 0. The van der Waals surface area contributed by atoms with Crippen molar-refractivity contribution >= 4 is 27.7 Å². The molecule has 1 radical (unpaired) electrons. The Labute approximate surface area is 85.9 Å². The van der Waals surface area contributed by atoms with Crippen LogP contribution in [0.5, 0.6) is 0 Å². The molecule has 0 aromatic heterocycles. The third-order valence-electron chi connectivity index (χ3n) is 2.00. The molecule has 11 heavy (non-hydrogen) atoms. The van der Waals surface area contributed by atoms with Crippen LogP contribution in [0.3, 0.4) is 0 Å². The average Bonchev–Trinajstić information content (AvgIpc) is 1.59. The average molecular weight is 165 g/mol. The molecule has 2 heteroatoms. The number of rotatable bonds is 3. The Morgan fingerprint density at radius 2 is 0.818 bits per heavy atom. The standard InChI is InChI=1S/C9H21Si.Li.H/c1-7(2)10(8(3)4)9(5)6;;/h7-9H,1-6H3;;. The first-order chi connectivity index (χ1) is 4.46. The van der Waals surface area contributed by atoms with Gasteiger partial charge < -0.3 is 0 Å². The van der Waals surface area contributed by atoms with Crippen molar-refractivity contribution in [3.05, 3.63) is 0 Å². The summed E-state index contributed by atoms with van der Waals surface area (Å²) in [6, 6.07) is 0. The zero-order valence-corrected chi connectivity index (χ0v) is 9.23. The van der Waals surface area contributed by atoms with Gasteiger partial charge in [-0.15, -0.1) is 0 Å². The fourth-order valence-electron chi connectivity index (χ4n) is 2.00. The first-order valence-corrected chi connectivity index (χ1v) is 6.06. The van der Waals surface area contributed by atoms with Gasteiger partial charge in [0.25, 0.3) is 0 Å². The summed E-state index contributed by atoms with van der Waals surface area (Å²) in [7, 11) is -0.0957. The Morgan fingerprint density at radius 3 is 0.818 bits per heavy atom. The molecule has 0 aromatic rings. The maximum atomic E-state index is 2.37. The van der Waals surface area contributed by atoms with Crippen molar-refractivity contribution in [2.24, 2.45) is 0 Å². The fraction of sp³-hybridized carbons (Fsp3) is 1.00. The van der Waals surface area contributed by atoms with Crippen molar-refractivity contribution in [3.63, 3.8) is 0 Å². The zero-order chi connectivity index (χ0) is 8.31. The molecule has 0 aromatic carbocycles. The van der Waals surface area contributed by atoms with Gasteiger partial charge in [0, 0.05) is 0 Å². The van der Waals surface area contributed by atoms with Crippen molar-refractivity contribution in [1.82, 2.24) is 0 Å². The van der Waals surface area contributed by atoms with Crippen LogP contribution in [0.4, 0.5) is 0 Å². The summed E-state index contributed by atoms with van der Waals surface area (Å²) in [5, 5.41) is 0. The molecule has 0 spiro atoms. The van der Waals surface area contributed by atoms with Crippen LogP contribution in [0.1, 0.15) is 41.5 Å². The summed E-state index contributed by atoms with van der Waals surface area (Å²) in [5.74, 6) is 0. The topological polar surface area (TPSA) is 0 Å². The summed E-state index contributed by atoms with van der Waals surface area (Å²) in [6.07, 6.45) is 0. The summed E-state index contributed by atoms with van der Waals surface area (Å²) in [6.45, 7) is 14.2. The van der Waals surface area contributed by atoms with E-state index in [9.17, 15) is 0 Å². The molecular weight excluding hydrogens is 143 g/mol. The van der Waals surface area contributed by atoms with Crippen LogP contribution in [-0.2, 0) is 0 Å². The second-order valence-electron chi connectivity index (χ2n) is 3.96. The Bertz CT molecular complexity index is 70.5. The van der Waals surface area contributed by atoms with Crippen LogP contribution in [0, 0.1) is 0 Å². The molecule has 0 saturated carbocycles. The summed E-state index contributed by atoms with van der Waals surface area (Å²) in [5.41, 5.74) is 2.81. The second kappa shape index (κ2) is 6.34. The van der Waals surface area contributed by atoms with Crippen molar-refractivity contribution in [2.75, 3.05) is 0 Å². The van der Waals surface area contributed by atoms with E-state index in [1.807, 2.05) is 0 Å². The molecule has 0 bridgehead atoms. The predicted molar refractivity (Wildman–Crippen MR) is 58.2 cm³/mol. The van der Waals surface area contributed by atoms with E-state index in [1.165, 1.54) is 0 Å². The quantitative estimate of drug-likeness (QED) is 0.564. The molecule has 0 nitrogen and oxygen atoms in total. The molecule has 0 saturated heterocycles. The molecule has 0 atom stereocenters.